The minimum Gasteiger partial charge on any atom is -0.398 e. The second kappa shape index (κ2) is 4.71. The maximum atomic E-state index is 10.6. The number of nitro groups is 1. The minimum absolute atomic E-state index is 0.0687. The molecule has 0 radical (unpaired) electrons. The van der Waals surface area contributed by atoms with Crippen molar-refractivity contribution in [3.05, 3.63) is 33.9 Å². The van der Waals surface area contributed by atoms with Crippen molar-refractivity contribution >= 4 is 11.4 Å². The second-order valence-electron chi connectivity index (χ2n) is 4.65. The normalized spacial score (nSPS) is 18.2. The van der Waals surface area contributed by atoms with Gasteiger partial charge < -0.3 is 10.6 Å². The van der Waals surface area contributed by atoms with Gasteiger partial charge in [-0.2, -0.15) is 0 Å². The lowest BCUT2D eigenvalue weighted by molar-refractivity contribution is -0.384. The fraction of sp³-hybridized carbons (Fsp3) is 0.500. The molecule has 1 aliphatic rings. The lowest BCUT2D eigenvalue weighted by Gasteiger charge is -2.29. The van der Waals surface area contributed by atoms with Gasteiger partial charge in [0.15, 0.2) is 0 Å². The summed E-state index contributed by atoms with van der Waals surface area (Å²) in [4.78, 5) is 12.5. The highest BCUT2D eigenvalue weighted by Crippen LogP contribution is 2.33. The molecule has 0 amide bonds. The zero-order valence-electron chi connectivity index (χ0n) is 9.93. The molecule has 0 aromatic heterocycles. The Morgan fingerprint density at radius 2 is 2.06 bits per heavy atom. The minimum atomic E-state index is -0.408. The van der Waals surface area contributed by atoms with Crippen LogP contribution < -0.4 is 5.73 Å². The van der Waals surface area contributed by atoms with Crippen LogP contribution in [-0.4, -0.2) is 30.0 Å². The summed E-state index contributed by atoms with van der Waals surface area (Å²) in [5, 5.41) is 10.6. The number of piperidine rings is 1. The monoisotopic (exact) mass is 235 g/mol. The summed E-state index contributed by atoms with van der Waals surface area (Å²) in [6, 6.07) is 4.82. The molecule has 0 bridgehead atoms. The van der Waals surface area contributed by atoms with E-state index in [-0.39, 0.29) is 5.69 Å². The van der Waals surface area contributed by atoms with Crippen LogP contribution in [0, 0.1) is 10.1 Å². The van der Waals surface area contributed by atoms with Crippen molar-refractivity contribution in [3.8, 4) is 0 Å². The van der Waals surface area contributed by atoms with Gasteiger partial charge in [0.25, 0.3) is 5.69 Å². The average molecular weight is 235 g/mol. The summed E-state index contributed by atoms with van der Waals surface area (Å²) >= 11 is 0. The highest BCUT2D eigenvalue weighted by Gasteiger charge is 2.21. The molecule has 0 spiro atoms. The molecular weight excluding hydrogens is 218 g/mol. The number of nitro benzene ring substituents is 1. The molecule has 1 aromatic rings. The summed E-state index contributed by atoms with van der Waals surface area (Å²) < 4.78 is 0. The molecule has 1 heterocycles. The van der Waals surface area contributed by atoms with Crippen molar-refractivity contribution in [3.63, 3.8) is 0 Å². The van der Waals surface area contributed by atoms with Crippen LogP contribution in [0.5, 0.6) is 0 Å². The molecule has 5 nitrogen and oxygen atoms in total. The summed E-state index contributed by atoms with van der Waals surface area (Å²) in [5.41, 5.74) is 7.58. The Morgan fingerprint density at radius 3 is 2.59 bits per heavy atom. The number of hydrogen-bond donors (Lipinski definition) is 1. The third kappa shape index (κ3) is 2.55. The van der Waals surface area contributed by atoms with E-state index in [1.54, 1.807) is 6.07 Å². The van der Waals surface area contributed by atoms with Crippen LogP contribution in [0.2, 0.25) is 0 Å². The van der Waals surface area contributed by atoms with Gasteiger partial charge in [-0.15, -0.1) is 0 Å². The first kappa shape index (κ1) is 11.9. The van der Waals surface area contributed by atoms with Crippen molar-refractivity contribution in [2.24, 2.45) is 0 Å². The Balaban J connectivity index is 2.19. The van der Waals surface area contributed by atoms with Crippen LogP contribution in [0.1, 0.15) is 24.3 Å². The Labute approximate surface area is 100 Å². The number of anilines is 1. The van der Waals surface area contributed by atoms with Gasteiger partial charge in [-0.3, -0.25) is 10.1 Å². The van der Waals surface area contributed by atoms with E-state index in [4.69, 9.17) is 5.73 Å². The van der Waals surface area contributed by atoms with E-state index in [2.05, 4.69) is 11.9 Å². The standard InChI is InChI=1S/C12H17N3O2/c1-14-6-4-9(5-7-14)11-3-2-10(15(16)17)8-12(11)13/h2-3,8-9H,4-7,13H2,1H3. The average Bonchev–Trinajstić information content (AvgIpc) is 2.30. The van der Waals surface area contributed by atoms with Crippen LogP contribution >= 0.6 is 0 Å². The zero-order valence-corrected chi connectivity index (χ0v) is 9.93. The number of hydrogen-bond acceptors (Lipinski definition) is 4. The van der Waals surface area contributed by atoms with Gasteiger partial charge in [-0.05, 0) is 50.5 Å². The molecule has 0 unspecified atom stereocenters. The van der Waals surface area contributed by atoms with Crippen LogP contribution in [-0.2, 0) is 0 Å². The van der Waals surface area contributed by atoms with Gasteiger partial charge in [0.1, 0.15) is 0 Å². The SMILES string of the molecule is CN1CCC(c2ccc([N+](=O)[O-])cc2N)CC1. The van der Waals surface area contributed by atoms with E-state index in [9.17, 15) is 10.1 Å². The predicted octanol–water partition coefficient (Wildman–Crippen LogP) is 1.99. The first-order chi connectivity index (χ1) is 8.08. The highest BCUT2D eigenvalue weighted by molar-refractivity contribution is 5.55. The summed E-state index contributed by atoms with van der Waals surface area (Å²) in [7, 11) is 2.11. The molecule has 2 rings (SSSR count). The topological polar surface area (TPSA) is 72.4 Å². The van der Waals surface area contributed by atoms with Crippen LogP contribution in [0.25, 0.3) is 0 Å². The molecule has 2 N–H and O–H groups in total. The van der Waals surface area contributed by atoms with Crippen molar-refractivity contribution in [1.82, 2.24) is 4.90 Å². The van der Waals surface area contributed by atoms with E-state index < -0.39 is 4.92 Å². The molecule has 1 fully saturated rings. The summed E-state index contributed by atoms with van der Waals surface area (Å²) in [5.74, 6) is 0.437. The van der Waals surface area contributed by atoms with E-state index in [1.807, 2.05) is 6.07 Å². The number of non-ortho nitro benzene ring substituents is 1. The third-order valence-electron chi connectivity index (χ3n) is 3.44. The predicted molar refractivity (Wildman–Crippen MR) is 67.0 cm³/mol. The van der Waals surface area contributed by atoms with Gasteiger partial charge in [0.05, 0.1) is 4.92 Å². The molecule has 17 heavy (non-hydrogen) atoms. The van der Waals surface area contributed by atoms with Gasteiger partial charge >= 0.3 is 0 Å². The molecule has 0 aliphatic carbocycles. The Hall–Kier alpha value is -1.62. The van der Waals surface area contributed by atoms with Gasteiger partial charge in [0.2, 0.25) is 0 Å². The maximum absolute atomic E-state index is 10.6. The van der Waals surface area contributed by atoms with Crippen LogP contribution in [0.15, 0.2) is 18.2 Å². The molecule has 1 saturated heterocycles. The number of benzene rings is 1. The largest absolute Gasteiger partial charge is 0.398 e. The van der Waals surface area contributed by atoms with Crippen molar-refractivity contribution in [2.75, 3.05) is 25.9 Å². The molecular formula is C12H17N3O2. The zero-order chi connectivity index (χ0) is 12.4. The lowest BCUT2D eigenvalue weighted by atomic mass is 9.88. The Morgan fingerprint density at radius 1 is 1.41 bits per heavy atom. The Kier molecular flexibility index (Phi) is 3.28. The van der Waals surface area contributed by atoms with Crippen molar-refractivity contribution in [2.45, 2.75) is 18.8 Å². The first-order valence-corrected chi connectivity index (χ1v) is 5.80. The Bertz CT molecular complexity index is 426. The quantitative estimate of drug-likeness (QED) is 0.483. The van der Waals surface area contributed by atoms with Crippen molar-refractivity contribution < 1.29 is 4.92 Å². The second-order valence-corrected chi connectivity index (χ2v) is 4.65. The number of nitrogen functional groups attached to an aromatic ring is 1. The van der Waals surface area contributed by atoms with E-state index >= 15 is 0 Å². The van der Waals surface area contributed by atoms with Crippen molar-refractivity contribution in [1.29, 1.82) is 0 Å². The molecule has 5 heteroatoms. The van der Waals surface area contributed by atoms with Gasteiger partial charge in [0, 0.05) is 17.8 Å². The smallest absolute Gasteiger partial charge is 0.271 e. The summed E-state index contributed by atoms with van der Waals surface area (Å²) in [6.45, 7) is 2.11. The van der Waals surface area contributed by atoms with Gasteiger partial charge in [-0.1, -0.05) is 0 Å². The van der Waals surface area contributed by atoms with E-state index in [0.717, 1.165) is 31.5 Å². The van der Waals surface area contributed by atoms with E-state index in [1.165, 1.54) is 6.07 Å². The maximum Gasteiger partial charge on any atom is 0.271 e. The lowest BCUT2D eigenvalue weighted by Crippen LogP contribution is -2.29. The molecule has 92 valence electrons. The third-order valence-corrected chi connectivity index (χ3v) is 3.44. The highest BCUT2D eigenvalue weighted by atomic mass is 16.6. The molecule has 1 aromatic carbocycles. The fourth-order valence-corrected chi connectivity index (χ4v) is 2.37. The summed E-state index contributed by atoms with van der Waals surface area (Å²) in [6.07, 6.45) is 2.14. The molecule has 1 aliphatic heterocycles. The number of likely N-dealkylation sites (tertiary alicyclic amines) is 1. The number of nitrogens with two attached hydrogens (primary N) is 1. The first-order valence-electron chi connectivity index (χ1n) is 5.80. The number of nitrogens with zero attached hydrogens (tertiary/aromatic N) is 2. The van der Waals surface area contributed by atoms with Gasteiger partial charge in [-0.25, -0.2) is 0 Å². The molecule has 0 atom stereocenters. The van der Waals surface area contributed by atoms with E-state index in [0.29, 0.717) is 11.6 Å². The van der Waals surface area contributed by atoms with Crippen LogP contribution in [0.3, 0.4) is 0 Å². The molecule has 0 saturated carbocycles. The van der Waals surface area contributed by atoms with Crippen LogP contribution in [0.4, 0.5) is 11.4 Å². The number of rotatable bonds is 2. The fourth-order valence-electron chi connectivity index (χ4n) is 2.37.